The van der Waals surface area contributed by atoms with E-state index in [4.69, 9.17) is 27.2 Å². The van der Waals surface area contributed by atoms with Crippen LogP contribution in [0.4, 0.5) is 5.69 Å². The van der Waals surface area contributed by atoms with E-state index in [1.165, 1.54) is 12.1 Å². The van der Waals surface area contributed by atoms with Crippen molar-refractivity contribution in [2.45, 2.75) is 19.8 Å². The van der Waals surface area contributed by atoms with Crippen molar-refractivity contribution in [3.63, 3.8) is 0 Å². The summed E-state index contributed by atoms with van der Waals surface area (Å²) >= 11 is 6.01. The number of hydrogen-bond acceptors (Lipinski definition) is 5. The van der Waals surface area contributed by atoms with Gasteiger partial charge >= 0.3 is 0 Å². The van der Waals surface area contributed by atoms with Crippen molar-refractivity contribution in [1.82, 2.24) is 0 Å². The molecule has 0 aromatic heterocycles. The molecule has 0 atom stereocenters. The number of nitrogens with one attached hydrogen (secondary N) is 2. The zero-order valence-corrected chi connectivity index (χ0v) is 12.4. The predicted molar refractivity (Wildman–Crippen MR) is 84.6 cm³/mol. The summed E-state index contributed by atoms with van der Waals surface area (Å²) in [5.74, 6) is 0.508. The lowest BCUT2D eigenvalue weighted by molar-refractivity contribution is 0.231. The number of nitrogens with zero attached hydrogens (tertiary/aromatic N) is 1. The third-order valence-corrected chi connectivity index (χ3v) is 3.16. The molecule has 1 aromatic carbocycles. The van der Waals surface area contributed by atoms with Gasteiger partial charge in [-0.1, -0.05) is 18.5 Å². The van der Waals surface area contributed by atoms with Crippen LogP contribution in [-0.4, -0.2) is 28.8 Å². The van der Waals surface area contributed by atoms with E-state index in [1.54, 1.807) is 12.1 Å². The molecule has 1 aromatic rings. The summed E-state index contributed by atoms with van der Waals surface area (Å²) in [5, 5.41) is 25.4. The molecule has 0 saturated heterocycles. The Hall–Kier alpha value is -2.14. The molecule has 0 spiro atoms. The minimum atomic E-state index is 0.0620. The number of phenolic OH excluding ortho intramolecular Hbond substituents is 1. The summed E-state index contributed by atoms with van der Waals surface area (Å²) in [4.78, 5) is 4.33. The lowest BCUT2D eigenvalue weighted by Crippen LogP contribution is -2.24. The van der Waals surface area contributed by atoms with Crippen molar-refractivity contribution in [3.8, 4) is 5.75 Å². The fourth-order valence-electron chi connectivity index (χ4n) is 1.81. The molecule has 0 amide bonds. The first-order chi connectivity index (χ1) is 10.0. The molecule has 110 valence electrons. The first kappa shape index (κ1) is 15.3. The number of aromatic hydroxyl groups is 1. The molecule has 0 radical (unpaired) electrons. The first-order valence-electron chi connectivity index (χ1n) is 6.58. The van der Waals surface area contributed by atoms with Crippen LogP contribution in [0.1, 0.15) is 19.8 Å². The van der Waals surface area contributed by atoms with Gasteiger partial charge in [-0.05, 0) is 18.6 Å². The molecular weight excluding hydrogens is 290 g/mol. The fraction of sp³-hybridized carbons (Fsp3) is 0.267. The van der Waals surface area contributed by atoms with Crippen LogP contribution >= 0.6 is 11.6 Å². The van der Waals surface area contributed by atoms with Gasteiger partial charge in [0.2, 0.25) is 0 Å². The summed E-state index contributed by atoms with van der Waals surface area (Å²) < 4.78 is 5.50. The Kier molecular flexibility index (Phi) is 4.75. The van der Waals surface area contributed by atoms with Crippen LogP contribution in [0, 0.1) is 10.8 Å². The Balaban J connectivity index is 2.35. The second kappa shape index (κ2) is 6.54. The summed E-state index contributed by atoms with van der Waals surface area (Å²) in [6.07, 6.45) is 2.62. The van der Waals surface area contributed by atoms with Crippen molar-refractivity contribution < 1.29 is 9.84 Å². The highest BCUT2D eigenvalue weighted by Crippen LogP contribution is 2.29. The number of halogens is 1. The number of aliphatic imine (C=N–C) groups is 1. The lowest BCUT2D eigenvalue weighted by atomic mass is 10.00. The molecule has 0 heterocycles. The van der Waals surface area contributed by atoms with Gasteiger partial charge in [0.25, 0.3) is 0 Å². The van der Waals surface area contributed by atoms with E-state index in [1.807, 2.05) is 6.92 Å². The van der Waals surface area contributed by atoms with Crippen LogP contribution < -0.4 is 0 Å². The number of hydrogen-bond donors (Lipinski definition) is 3. The highest BCUT2D eigenvalue weighted by molar-refractivity contribution is 6.51. The average Bonchev–Trinajstić information content (AvgIpc) is 2.43. The smallest absolute Gasteiger partial charge is 0.142 e. The number of ether oxygens (including phenoxy) is 1. The summed E-state index contributed by atoms with van der Waals surface area (Å²) in [6.45, 7) is 2.51. The van der Waals surface area contributed by atoms with Gasteiger partial charge in [-0.25, -0.2) is 4.99 Å². The van der Waals surface area contributed by atoms with E-state index in [9.17, 15) is 5.11 Å². The molecule has 0 unspecified atom stereocenters. The average molecular weight is 306 g/mol. The number of rotatable bonds is 4. The standard InChI is InChI=1S/C15H16ClN3O2/c1-2-5-21-15-8-14(11(17)7-12(15)18)19-13-4-3-9(20)6-10(13)16/h3-4,6,8,17-18,20H,2,5,7H2,1H3. The summed E-state index contributed by atoms with van der Waals surface area (Å²) in [7, 11) is 0. The molecule has 0 fully saturated rings. The van der Waals surface area contributed by atoms with Gasteiger partial charge in [-0.3, -0.25) is 0 Å². The van der Waals surface area contributed by atoms with Gasteiger partial charge in [-0.2, -0.15) is 0 Å². The summed E-state index contributed by atoms with van der Waals surface area (Å²) in [5.41, 5.74) is 1.41. The quantitative estimate of drug-likeness (QED) is 0.788. The van der Waals surface area contributed by atoms with Crippen LogP contribution in [0.15, 0.2) is 35.0 Å². The number of allylic oxidation sites excluding steroid dienone is 2. The topological polar surface area (TPSA) is 89.5 Å². The van der Waals surface area contributed by atoms with Crippen LogP contribution in [0.5, 0.6) is 5.75 Å². The Labute approximate surface area is 127 Å². The maximum atomic E-state index is 9.33. The molecule has 1 aliphatic carbocycles. The number of benzene rings is 1. The molecule has 0 aliphatic heterocycles. The van der Waals surface area contributed by atoms with Gasteiger partial charge in [0, 0.05) is 18.6 Å². The molecule has 3 N–H and O–H groups in total. The Morgan fingerprint density at radius 1 is 1.33 bits per heavy atom. The van der Waals surface area contributed by atoms with E-state index in [0.29, 0.717) is 28.8 Å². The largest absolute Gasteiger partial charge is 0.508 e. The van der Waals surface area contributed by atoms with Gasteiger partial charge in [0.15, 0.2) is 0 Å². The van der Waals surface area contributed by atoms with Crippen molar-refractivity contribution in [3.05, 3.63) is 35.1 Å². The Morgan fingerprint density at radius 2 is 2.10 bits per heavy atom. The van der Waals surface area contributed by atoms with Crippen molar-refractivity contribution in [1.29, 1.82) is 10.8 Å². The van der Waals surface area contributed by atoms with Gasteiger partial charge < -0.3 is 20.7 Å². The van der Waals surface area contributed by atoms with E-state index < -0.39 is 0 Å². The van der Waals surface area contributed by atoms with Crippen LogP contribution in [-0.2, 0) is 4.74 Å². The first-order valence-corrected chi connectivity index (χ1v) is 6.96. The maximum Gasteiger partial charge on any atom is 0.142 e. The van der Waals surface area contributed by atoms with Gasteiger partial charge in [0.1, 0.15) is 11.5 Å². The molecule has 21 heavy (non-hydrogen) atoms. The van der Waals surface area contributed by atoms with Crippen LogP contribution in [0.25, 0.3) is 0 Å². The third-order valence-electron chi connectivity index (χ3n) is 2.86. The molecule has 1 aliphatic rings. The highest BCUT2D eigenvalue weighted by Gasteiger charge is 2.20. The van der Waals surface area contributed by atoms with Crippen molar-refractivity contribution in [2.75, 3.05) is 6.61 Å². The van der Waals surface area contributed by atoms with Gasteiger partial charge in [-0.15, -0.1) is 0 Å². The molecule has 2 rings (SSSR count). The molecule has 0 bridgehead atoms. The Morgan fingerprint density at radius 3 is 2.76 bits per heavy atom. The maximum absolute atomic E-state index is 9.33. The second-order valence-electron chi connectivity index (χ2n) is 4.62. The SMILES string of the molecule is CCCOC1=CC(=Nc2ccc(O)cc2Cl)C(=N)CC1=N. The van der Waals surface area contributed by atoms with Gasteiger partial charge in [0.05, 0.1) is 34.5 Å². The predicted octanol–water partition coefficient (Wildman–Crippen LogP) is 3.87. The Bertz CT molecular complexity index is 650. The van der Waals surface area contributed by atoms with E-state index in [0.717, 1.165) is 6.42 Å². The normalized spacial score (nSPS) is 17.0. The minimum Gasteiger partial charge on any atom is -0.508 e. The second-order valence-corrected chi connectivity index (χ2v) is 5.03. The zero-order valence-electron chi connectivity index (χ0n) is 11.6. The highest BCUT2D eigenvalue weighted by atomic mass is 35.5. The van der Waals surface area contributed by atoms with Crippen LogP contribution in [0.3, 0.4) is 0 Å². The van der Waals surface area contributed by atoms with Crippen molar-refractivity contribution in [2.24, 2.45) is 4.99 Å². The van der Waals surface area contributed by atoms with Crippen LogP contribution in [0.2, 0.25) is 5.02 Å². The van der Waals surface area contributed by atoms with E-state index >= 15 is 0 Å². The minimum absolute atomic E-state index is 0.0620. The summed E-state index contributed by atoms with van der Waals surface area (Å²) in [6, 6.07) is 4.46. The molecule has 6 heteroatoms. The fourth-order valence-corrected chi connectivity index (χ4v) is 2.03. The molecule has 5 nitrogen and oxygen atoms in total. The lowest BCUT2D eigenvalue weighted by Gasteiger charge is -2.17. The van der Waals surface area contributed by atoms with Crippen molar-refractivity contribution >= 4 is 34.4 Å². The monoisotopic (exact) mass is 305 g/mol. The zero-order chi connectivity index (χ0) is 15.4. The van der Waals surface area contributed by atoms with E-state index in [-0.39, 0.29) is 23.6 Å². The number of phenols is 1. The molecular formula is C15H16ClN3O2. The third kappa shape index (κ3) is 3.70. The van der Waals surface area contributed by atoms with E-state index in [2.05, 4.69) is 4.99 Å². The molecule has 0 saturated carbocycles.